The van der Waals surface area contributed by atoms with Gasteiger partial charge in [0.15, 0.2) is 0 Å². The van der Waals surface area contributed by atoms with E-state index >= 15 is 0 Å². The molecule has 0 spiro atoms. The Hall–Kier alpha value is -4.46. The summed E-state index contributed by atoms with van der Waals surface area (Å²) in [5.74, 6) is -0.826. The maximum atomic E-state index is 14.9. The third-order valence-corrected chi connectivity index (χ3v) is 7.13. The smallest absolute Gasteiger partial charge is 0.255 e. The number of methoxy groups -OCH3 is 1. The normalized spacial score (nSPS) is 13.4. The minimum absolute atomic E-state index is 0.00717. The van der Waals surface area contributed by atoms with E-state index in [0.717, 1.165) is 22.9 Å². The Kier molecular flexibility index (Phi) is 7.45. The summed E-state index contributed by atoms with van der Waals surface area (Å²) in [6.45, 7) is 3.40. The highest BCUT2D eigenvalue weighted by atomic mass is 19.1. The van der Waals surface area contributed by atoms with Gasteiger partial charge < -0.3 is 19.1 Å². The number of amides is 2. The molecule has 0 aliphatic carbocycles. The number of ether oxygens (including phenoxy) is 1. The monoisotopic (exact) mass is 529 g/mol. The maximum Gasteiger partial charge on any atom is 0.255 e. The van der Waals surface area contributed by atoms with Crippen LogP contribution in [0, 0.1) is 18.6 Å². The third kappa shape index (κ3) is 5.41. The highest BCUT2D eigenvalue weighted by molar-refractivity contribution is 5.97. The Morgan fingerprint density at radius 2 is 1.51 bits per heavy atom. The van der Waals surface area contributed by atoms with Crippen molar-refractivity contribution in [3.63, 3.8) is 0 Å². The number of halogens is 2. The molecule has 1 fully saturated rings. The molecular weight excluding hydrogens is 500 g/mol. The molecule has 0 N–H and O–H groups in total. The molecule has 1 aliphatic heterocycles. The summed E-state index contributed by atoms with van der Waals surface area (Å²) in [6.07, 6.45) is 0.281. The predicted molar refractivity (Wildman–Crippen MR) is 145 cm³/mol. The zero-order valence-electron chi connectivity index (χ0n) is 21.9. The quantitative estimate of drug-likeness (QED) is 0.342. The van der Waals surface area contributed by atoms with Gasteiger partial charge in [-0.1, -0.05) is 42.5 Å². The minimum Gasteiger partial charge on any atom is -0.497 e. The lowest BCUT2D eigenvalue weighted by Crippen LogP contribution is -2.51. The van der Waals surface area contributed by atoms with Gasteiger partial charge in [-0.2, -0.15) is 0 Å². The van der Waals surface area contributed by atoms with Crippen molar-refractivity contribution in [2.75, 3.05) is 33.3 Å². The van der Waals surface area contributed by atoms with E-state index in [0.29, 0.717) is 43.1 Å². The van der Waals surface area contributed by atoms with Gasteiger partial charge in [-0.15, -0.1) is 0 Å². The minimum atomic E-state index is -0.714. The van der Waals surface area contributed by atoms with Crippen LogP contribution in [0.1, 0.15) is 21.6 Å². The van der Waals surface area contributed by atoms with Gasteiger partial charge in [0.2, 0.25) is 5.91 Å². The molecule has 0 radical (unpaired) electrons. The molecule has 3 aromatic carbocycles. The van der Waals surface area contributed by atoms with Crippen molar-refractivity contribution in [3.8, 4) is 22.7 Å². The second kappa shape index (κ2) is 11.1. The van der Waals surface area contributed by atoms with Crippen molar-refractivity contribution in [1.29, 1.82) is 0 Å². The molecule has 2 heterocycles. The molecule has 0 unspecified atom stereocenters. The lowest BCUT2D eigenvalue weighted by molar-refractivity contribution is -0.131. The van der Waals surface area contributed by atoms with Crippen molar-refractivity contribution in [1.82, 2.24) is 14.4 Å². The van der Waals surface area contributed by atoms with Crippen LogP contribution in [-0.4, -0.2) is 59.5 Å². The Labute approximate surface area is 226 Å². The molecule has 2 amide bonds. The molecule has 1 aliphatic rings. The fourth-order valence-electron chi connectivity index (χ4n) is 4.98. The predicted octanol–water partition coefficient (Wildman–Crippen LogP) is 5.27. The van der Waals surface area contributed by atoms with Crippen molar-refractivity contribution in [2.24, 2.45) is 0 Å². The van der Waals surface area contributed by atoms with Crippen LogP contribution in [0.2, 0.25) is 0 Å². The second-order valence-corrected chi connectivity index (χ2v) is 9.52. The number of rotatable bonds is 6. The van der Waals surface area contributed by atoms with Gasteiger partial charge >= 0.3 is 0 Å². The largest absolute Gasteiger partial charge is 0.497 e. The molecule has 0 atom stereocenters. The van der Waals surface area contributed by atoms with E-state index < -0.39 is 11.6 Å². The molecule has 5 rings (SSSR count). The summed E-state index contributed by atoms with van der Waals surface area (Å²) in [5.41, 5.74) is 3.50. The average Bonchev–Trinajstić information content (AvgIpc) is 3.30. The van der Waals surface area contributed by atoms with Crippen molar-refractivity contribution in [2.45, 2.75) is 13.3 Å². The number of piperazine rings is 1. The number of nitrogens with zero attached hydrogens (tertiary/aromatic N) is 3. The third-order valence-electron chi connectivity index (χ3n) is 7.13. The fraction of sp³-hybridized carbons (Fsp3) is 0.226. The van der Waals surface area contributed by atoms with E-state index in [1.54, 1.807) is 34.5 Å². The number of carbonyl (C=O) groups is 2. The van der Waals surface area contributed by atoms with Gasteiger partial charge in [-0.3, -0.25) is 9.59 Å². The van der Waals surface area contributed by atoms with Crippen molar-refractivity contribution < 1.29 is 23.1 Å². The maximum absolute atomic E-state index is 14.9. The zero-order chi connectivity index (χ0) is 27.5. The second-order valence-electron chi connectivity index (χ2n) is 9.52. The van der Waals surface area contributed by atoms with Crippen LogP contribution in [0.4, 0.5) is 8.78 Å². The van der Waals surface area contributed by atoms with Crippen LogP contribution < -0.4 is 4.74 Å². The summed E-state index contributed by atoms with van der Waals surface area (Å²) in [5, 5.41) is 0. The highest BCUT2D eigenvalue weighted by Crippen LogP contribution is 2.31. The number of carbonyl (C=O) groups excluding carboxylic acids is 2. The summed E-state index contributed by atoms with van der Waals surface area (Å²) in [7, 11) is 1.60. The van der Waals surface area contributed by atoms with Crippen LogP contribution in [-0.2, 0) is 11.2 Å². The van der Waals surface area contributed by atoms with Crippen LogP contribution in [0.5, 0.6) is 5.75 Å². The standard InChI is InChI=1S/C31H29F2N3O3/c1-21-26(20-29(23-6-4-3-5-7-23)36(21)28-13-10-24(32)19-27(28)33)31(38)35-16-14-34(15-17-35)30(37)18-22-8-11-25(39-2)12-9-22/h3-13,19-20H,14-18H2,1-2H3. The molecule has 0 bridgehead atoms. The van der Waals surface area contributed by atoms with Gasteiger partial charge in [0, 0.05) is 37.9 Å². The number of hydrogen-bond donors (Lipinski definition) is 0. The topological polar surface area (TPSA) is 54.8 Å². The Balaban J connectivity index is 1.35. The summed E-state index contributed by atoms with van der Waals surface area (Å²) in [6, 6.07) is 22.0. The first-order valence-corrected chi connectivity index (χ1v) is 12.8. The first-order valence-electron chi connectivity index (χ1n) is 12.8. The van der Waals surface area contributed by atoms with Gasteiger partial charge in [0.1, 0.15) is 17.4 Å². The van der Waals surface area contributed by atoms with Crippen LogP contribution in [0.25, 0.3) is 16.9 Å². The summed E-state index contributed by atoms with van der Waals surface area (Å²) >= 11 is 0. The van der Waals surface area contributed by atoms with E-state index in [9.17, 15) is 18.4 Å². The average molecular weight is 530 g/mol. The van der Waals surface area contributed by atoms with Crippen LogP contribution in [0.15, 0.2) is 78.9 Å². The van der Waals surface area contributed by atoms with Gasteiger partial charge in [-0.25, -0.2) is 8.78 Å². The van der Waals surface area contributed by atoms with Crippen molar-refractivity contribution >= 4 is 11.8 Å². The van der Waals surface area contributed by atoms with E-state index in [4.69, 9.17) is 4.74 Å². The number of benzene rings is 3. The van der Waals surface area contributed by atoms with Gasteiger partial charge in [-0.05, 0) is 48.4 Å². The molecule has 8 heteroatoms. The first kappa shape index (κ1) is 26.2. The summed E-state index contributed by atoms with van der Waals surface area (Å²) < 4.78 is 35.4. The number of aromatic nitrogens is 1. The van der Waals surface area contributed by atoms with Gasteiger partial charge in [0.25, 0.3) is 5.91 Å². The summed E-state index contributed by atoms with van der Waals surface area (Å²) in [4.78, 5) is 30.0. The van der Waals surface area contributed by atoms with Crippen LogP contribution in [0.3, 0.4) is 0 Å². The molecule has 39 heavy (non-hydrogen) atoms. The Morgan fingerprint density at radius 3 is 2.15 bits per heavy atom. The Bertz CT molecular complexity index is 1490. The lowest BCUT2D eigenvalue weighted by Gasteiger charge is -2.35. The van der Waals surface area contributed by atoms with E-state index in [1.165, 1.54) is 12.1 Å². The highest BCUT2D eigenvalue weighted by Gasteiger charge is 2.28. The molecule has 1 aromatic heterocycles. The Morgan fingerprint density at radius 1 is 0.846 bits per heavy atom. The first-order chi connectivity index (χ1) is 18.9. The van der Waals surface area contributed by atoms with Gasteiger partial charge in [0.05, 0.1) is 30.5 Å². The molecule has 0 saturated carbocycles. The fourth-order valence-corrected chi connectivity index (χ4v) is 4.98. The van der Waals surface area contributed by atoms with Crippen molar-refractivity contribution in [3.05, 3.63) is 107 Å². The molecular formula is C31H29F2N3O3. The molecule has 4 aromatic rings. The van der Waals surface area contributed by atoms with E-state index in [1.807, 2.05) is 54.6 Å². The molecule has 1 saturated heterocycles. The lowest BCUT2D eigenvalue weighted by atomic mass is 10.1. The van der Waals surface area contributed by atoms with E-state index in [2.05, 4.69) is 0 Å². The van der Waals surface area contributed by atoms with E-state index in [-0.39, 0.29) is 23.9 Å². The molecule has 200 valence electrons. The molecule has 6 nitrogen and oxygen atoms in total. The van der Waals surface area contributed by atoms with Crippen LogP contribution >= 0.6 is 0 Å². The number of hydrogen-bond acceptors (Lipinski definition) is 3. The zero-order valence-corrected chi connectivity index (χ0v) is 21.9. The SMILES string of the molecule is COc1ccc(CC(=O)N2CCN(C(=O)c3cc(-c4ccccc4)n(-c4ccc(F)cc4F)c3C)CC2)cc1.